The molecule has 3 nitrogen and oxygen atoms in total. The van der Waals surface area contributed by atoms with Crippen LogP contribution in [0.2, 0.25) is 0 Å². The van der Waals surface area contributed by atoms with E-state index in [1.807, 2.05) is 6.07 Å². The lowest BCUT2D eigenvalue weighted by Crippen LogP contribution is -2.57. The fourth-order valence-corrected chi connectivity index (χ4v) is 5.05. The van der Waals surface area contributed by atoms with Crippen LogP contribution in [-0.4, -0.2) is 27.8 Å². The molecule has 2 aromatic carbocycles. The van der Waals surface area contributed by atoms with Crippen LogP contribution in [-0.2, 0) is 11.2 Å². The Kier molecular flexibility index (Phi) is 5.14. The van der Waals surface area contributed by atoms with Crippen molar-refractivity contribution in [1.29, 1.82) is 0 Å². The van der Waals surface area contributed by atoms with Crippen molar-refractivity contribution in [3.8, 4) is 0 Å². The molecule has 1 fully saturated rings. The minimum atomic E-state index is -0.221. The molecule has 0 aromatic heterocycles. The lowest BCUT2D eigenvalue weighted by Gasteiger charge is -2.36. The topological polar surface area (TPSA) is 32.3 Å². The summed E-state index contributed by atoms with van der Waals surface area (Å²) in [5.41, 5.74) is 4.70. The average Bonchev–Trinajstić information content (AvgIpc) is 3.10. The highest BCUT2D eigenvalue weighted by molar-refractivity contribution is 8.03. The van der Waals surface area contributed by atoms with E-state index in [1.165, 1.54) is 11.1 Å². The maximum Gasteiger partial charge on any atom is 0.239 e. The molecule has 5 heteroatoms. The monoisotopic (exact) mass is 392 g/mol. The van der Waals surface area contributed by atoms with Crippen molar-refractivity contribution in [2.45, 2.75) is 11.8 Å². The van der Waals surface area contributed by atoms with Crippen LogP contribution in [0, 0.1) is 5.92 Å². The minimum Gasteiger partial charge on any atom is -0.349 e. The summed E-state index contributed by atoms with van der Waals surface area (Å²) in [4.78, 5) is 14.6. The molecule has 2 atom stereocenters. The fourth-order valence-electron chi connectivity index (χ4n) is 3.51. The van der Waals surface area contributed by atoms with Gasteiger partial charge in [0.25, 0.3) is 0 Å². The Morgan fingerprint density at radius 3 is 2.52 bits per heavy atom. The molecule has 0 radical (unpaired) electrons. The maximum absolute atomic E-state index is 13.0. The van der Waals surface area contributed by atoms with E-state index in [9.17, 15) is 4.79 Å². The van der Waals surface area contributed by atoms with Crippen LogP contribution in [0.1, 0.15) is 16.7 Å². The van der Waals surface area contributed by atoms with Crippen molar-refractivity contribution in [2.24, 2.45) is 5.92 Å². The smallest absolute Gasteiger partial charge is 0.239 e. The third-order valence-electron chi connectivity index (χ3n) is 4.87. The third-order valence-corrected chi connectivity index (χ3v) is 6.28. The van der Waals surface area contributed by atoms with Crippen LogP contribution in [0.15, 0.2) is 72.7 Å². The van der Waals surface area contributed by atoms with E-state index in [0.29, 0.717) is 11.7 Å². The van der Waals surface area contributed by atoms with E-state index in [4.69, 9.17) is 12.2 Å². The van der Waals surface area contributed by atoms with Crippen molar-refractivity contribution >= 4 is 40.6 Å². The molecule has 0 spiro atoms. The highest BCUT2D eigenvalue weighted by Gasteiger charge is 2.44. The van der Waals surface area contributed by atoms with Gasteiger partial charge in [-0.2, -0.15) is 0 Å². The summed E-state index contributed by atoms with van der Waals surface area (Å²) in [7, 11) is 0. The number of carbonyl (C=O) groups is 1. The van der Waals surface area contributed by atoms with E-state index in [0.717, 1.165) is 17.6 Å². The van der Waals surface area contributed by atoms with Crippen LogP contribution in [0.4, 0.5) is 0 Å². The van der Waals surface area contributed by atoms with Crippen molar-refractivity contribution < 1.29 is 4.79 Å². The van der Waals surface area contributed by atoms with E-state index in [2.05, 4.69) is 65.8 Å². The quantitative estimate of drug-likeness (QED) is 0.610. The number of fused-ring (bicyclic) bond motifs is 1. The highest BCUT2D eigenvalue weighted by Crippen LogP contribution is 2.43. The molecular formula is C22H20N2OS2. The summed E-state index contributed by atoms with van der Waals surface area (Å²) in [6, 6.07) is 19.0. The zero-order chi connectivity index (χ0) is 18.8. The summed E-state index contributed by atoms with van der Waals surface area (Å²) in [6.07, 6.45) is 2.61. The normalized spacial score (nSPS) is 21.5. The standard InChI is InChI=1S/C22H20N2OS2/c1-2-12-24-21(25)19-18(14-27-20(19)23-22(24)26)17-10-8-16(9-11-17)13-15-6-4-3-5-7-15/h2-11,14,19-20H,1,12-13H2,(H,23,26). The molecule has 4 rings (SSSR count). The average molecular weight is 393 g/mol. The van der Waals surface area contributed by atoms with E-state index in [1.54, 1.807) is 22.7 Å². The van der Waals surface area contributed by atoms with Gasteiger partial charge in [-0.3, -0.25) is 9.69 Å². The van der Waals surface area contributed by atoms with Crippen molar-refractivity contribution in [3.63, 3.8) is 0 Å². The minimum absolute atomic E-state index is 0.0231. The predicted octanol–water partition coefficient (Wildman–Crippen LogP) is 4.21. The number of carbonyl (C=O) groups excluding carboxylic acids is 1. The van der Waals surface area contributed by atoms with E-state index < -0.39 is 0 Å². The molecule has 2 aliphatic heterocycles. The highest BCUT2D eigenvalue weighted by atomic mass is 32.2. The molecule has 1 N–H and O–H groups in total. The molecule has 136 valence electrons. The zero-order valence-electron chi connectivity index (χ0n) is 14.8. The molecule has 2 unspecified atom stereocenters. The SMILES string of the molecule is C=CCN1C(=O)C2C(c3ccc(Cc4ccccc4)cc3)=CSC2NC1=S. The van der Waals surface area contributed by atoms with Crippen LogP contribution in [0.3, 0.4) is 0 Å². The van der Waals surface area contributed by atoms with Crippen LogP contribution < -0.4 is 5.32 Å². The van der Waals surface area contributed by atoms with Gasteiger partial charge in [0.1, 0.15) is 0 Å². The summed E-state index contributed by atoms with van der Waals surface area (Å²) < 4.78 is 0. The molecular weight excluding hydrogens is 372 g/mol. The van der Waals surface area contributed by atoms with E-state index >= 15 is 0 Å². The van der Waals surface area contributed by atoms with Crippen LogP contribution >= 0.6 is 24.0 Å². The third kappa shape index (κ3) is 3.57. The molecule has 0 aliphatic carbocycles. The first-order valence-electron chi connectivity index (χ1n) is 8.89. The molecule has 2 heterocycles. The summed E-state index contributed by atoms with van der Waals surface area (Å²) in [5.74, 6) is -0.171. The Hall–Kier alpha value is -2.37. The second-order valence-corrected chi connectivity index (χ2v) is 8.06. The van der Waals surface area contributed by atoms with Gasteiger partial charge in [0.15, 0.2) is 5.11 Å². The first-order valence-corrected chi connectivity index (χ1v) is 10.2. The molecule has 27 heavy (non-hydrogen) atoms. The van der Waals surface area contributed by atoms with Gasteiger partial charge < -0.3 is 5.32 Å². The number of benzene rings is 2. The number of hydrogen-bond acceptors (Lipinski definition) is 3. The summed E-state index contributed by atoms with van der Waals surface area (Å²) in [6.45, 7) is 4.16. The number of nitrogens with zero attached hydrogens (tertiary/aromatic N) is 1. The van der Waals surface area contributed by atoms with Crippen molar-refractivity contribution in [1.82, 2.24) is 10.2 Å². The number of nitrogens with one attached hydrogen (secondary N) is 1. The van der Waals surface area contributed by atoms with Gasteiger partial charge in [-0.1, -0.05) is 60.7 Å². The molecule has 1 saturated heterocycles. The molecule has 0 saturated carbocycles. The van der Waals surface area contributed by atoms with Gasteiger partial charge in [-0.25, -0.2) is 0 Å². The maximum atomic E-state index is 13.0. The van der Waals surface area contributed by atoms with Crippen LogP contribution in [0.5, 0.6) is 0 Å². The lowest BCUT2D eigenvalue weighted by molar-refractivity contribution is -0.130. The number of rotatable bonds is 5. The van der Waals surface area contributed by atoms with Crippen LogP contribution in [0.25, 0.3) is 5.57 Å². The Morgan fingerprint density at radius 1 is 1.11 bits per heavy atom. The molecule has 2 aromatic rings. The van der Waals surface area contributed by atoms with Crippen molar-refractivity contribution in [2.75, 3.05) is 6.54 Å². The number of amides is 1. The van der Waals surface area contributed by atoms with Gasteiger partial charge in [0.05, 0.1) is 11.3 Å². The Morgan fingerprint density at radius 2 is 1.81 bits per heavy atom. The van der Waals surface area contributed by atoms with Gasteiger partial charge in [-0.05, 0) is 46.3 Å². The number of thiocarbonyl (C=S) groups is 1. The number of hydrogen-bond donors (Lipinski definition) is 1. The molecule has 0 bridgehead atoms. The zero-order valence-corrected chi connectivity index (χ0v) is 16.4. The van der Waals surface area contributed by atoms with E-state index in [-0.39, 0.29) is 17.2 Å². The largest absolute Gasteiger partial charge is 0.349 e. The van der Waals surface area contributed by atoms with Gasteiger partial charge >= 0.3 is 0 Å². The second-order valence-electron chi connectivity index (χ2n) is 6.65. The Bertz CT molecular complexity index is 906. The fraction of sp³-hybridized carbons (Fsp3) is 0.182. The first kappa shape index (κ1) is 18.0. The summed E-state index contributed by atoms with van der Waals surface area (Å²) >= 11 is 6.97. The van der Waals surface area contributed by atoms with Gasteiger partial charge in [0.2, 0.25) is 5.91 Å². The Balaban J connectivity index is 1.54. The van der Waals surface area contributed by atoms with Crippen molar-refractivity contribution in [3.05, 3.63) is 89.4 Å². The predicted molar refractivity (Wildman–Crippen MR) is 116 cm³/mol. The van der Waals surface area contributed by atoms with Gasteiger partial charge in [-0.15, -0.1) is 18.3 Å². The summed E-state index contributed by atoms with van der Waals surface area (Å²) in [5, 5.41) is 5.84. The number of thioether (sulfide) groups is 1. The second kappa shape index (κ2) is 7.71. The lowest BCUT2D eigenvalue weighted by atomic mass is 9.90. The first-order chi connectivity index (χ1) is 13.2. The Labute approximate surface area is 169 Å². The van der Waals surface area contributed by atoms with Gasteiger partial charge in [0, 0.05) is 6.54 Å². The molecule has 1 amide bonds. The molecule has 2 aliphatic rings.